The molecule has 0 fully saturated rings. The third-order valence-corrected chi connectivity index (χ3v) is 4.28. The Bertz CT molecular complexity index is 358. The molecule has 0 saturated heterocycles. The van der Waals surface area contributed by atoms with Gasteiger partial charge in [0.2, 0.25) is 0 Å². The Morgan fingerprint density at radius 3 is 2.89 bits per heavy atom. The average Bonchev–Trinajstić information content (AvgIpc) is 2.43. The Labute approximate surface area is 112 Å². The lowest BCUT2D eigenvalue weighted by Gasteiger charge is -2.31. The van der Waals surface area contributed by atoms with Crippen LogP contribution in [0.5, 0.6) is 0 Å². The minimum atomic E-state index is 0.682. The Kier molecular flexibility index (Phi) is 5.10. The van der Waals surface area contributed by atoms with Gasteiger partial charge in [-0.25, -0.2) is 0 Å². The van der Waals surface area contributed by atoms with E-state index in [9.17, 15) is 0 Å². The van der Waals surface area contributed by atoms with Crippen LogP contribution in [0.1, 0.15) is 57.9 Å². The van der Waals surface area contributed by atoms with Crippen molar-refractivity contribution in [3.8, 4) is 0 Å². The Morgan fingerprint density at radius 1 is 1.22 bits per heavy atom. The minimum absolute atomic E-state index is 0.682. The van der Waals surface area contributed by atoms with Crippen LogP contribution in [0.4, 0.5) is 5.69 Å². The highest BCUT2D eigenvalue weighted by Gasteiger charge is 2.21. The van der Waals surface area contributed by atoms with Crippen molar-refractivity contribution < 1.29 is 0 Å². The van der Waals surface area contributed by atoms with E-state index in [4.69, 9.17) is 0 Å². The van der Waals surface area contributed by atoms with E-state index in [2.05, 4.69) is 43.4 Å². The predicted octanol–water partition coefficient (Wildman–Crippen LogP) is 5.02. The molecule has 0 aromatic heterocycles. The second-order valence-electron chi connectivity index (χ2n) is 5.77. The number of fused-ring (bicyclic) bond motifs is 1. The van der Waals surface area contributed by atoms with Crippen molar-refractivity contribution in [1.82, 2.24) is 0 Å². The molecule has 1 aliphatic heterocycles. The fraction of sp³-hybridized carbons (Fsp3) is 0.647. The van der Waals surface area contributed by atoms with E-state index in [1.165, 1.54) is 56.2 Å². The number of aryl methyl sites for hydroxylation is 1. The largest absolute Gasteiger partial charge is 0.382 e. The number of hydrogen-bond donors (Lipinski definition) is 1. The quantitative estimate of drug-likeness (QED) is 0.694. The maximum Gasteiger partial charge on any atom is 0.0374 e. The molecular formula is C17H27N. The van der Waals surface area contributed by atoms with Gasteiger partial charge in [-0.15, -0.1) is 0 Å². The zero-order valence-corrected chi connectivity index (χ0v) is 11.9. The van der Waals surface area contributed by atoms with Gasteiger partial charge in [0.05, 0.1) is 0 Å². The summed E-state index contributed by atoms with van der Waals surface area (Å²) in [6, 6.07) is 9.45. The first-order valence-corrected chi connectivity index (χ1v) is 7.65. The first kappa shape index (κ1) is 13.5. The normalized spacial score (nSPS) is 20.0. The molecule has 1 aromatic rings. The molecule has 0 bridgehead atoms. The number of anilines is 1. The van der Waals surface area contributed by atoms with Crippen molar-refractivity contribution in [3.05, 3.63) is 29.8 Å². The van der Waals surface area contributed by atoms with Crippen molar-refractivity contribution in [2.75, 3.05) is 5.32 Å². The Balaban J connectivity index is 1.81. The van der Waals surface area contributed by atoms with Crippen LogP contribution < -0.4 is 5.32 Å². The maximum atomic E-state index is 3.74. The molecule has 1 nitrogen and oxygen atoms in total. The molecule has 2 rings (SSSR count). The number of unbranched alkanes of at least 4 members (excludes halogenated alkanes) is 3. The van der Waals surface area contributed by atoms with Crippen LogP contribution in [-0.4, -0.2) is 6.04 Å². The lowest BCUT2D eigenvalue weighted by molar-refractivity contribution is 0.403. The van der Waals surface area contributed by atoms with Gasteiger partial charge in [0.15, 0.2) is 0 Å². The van der Waals surface area contributed by atoms with Crippen LogP contribution in [0.15, 0.2) is 24.3 Å². The average molecular weight is 245 g/mol. The van der Waals surface area contributed by atoms with Crippen LogP contribution in [0.25, 0.3) is 0 Å². The van der Waals surface area contributed by atoms with Gasteiger partial charge in [0.1, 0.15) is 0 Å². The minimum Gasteiger partial charge on any atom is -0.382 e. The van der Waals surface area contributed by atoms with Crippen molar-refractivity contribution in [3.63, 3.8) is 0 Å². The first-order valence-electron chi connectivity index (χ1n) is 7.65. The van der Waals surface area contributed by atoms with E-state index in [1.807, 2.05) is 0 Å². The molecular weight excluding hydrogens is 218 g/mol. The Morgan fingerprint density at radius 2 is 2.06 bits per heavy atom. The summed E-state index contributed by atoms with van der Waals surface area (Å²) in [5, 5.41) is 3.74. The van der Waals surface area contributed by atoms with Gasteiger partial charge in [0.25, 0.3) is 0 Å². The zero-order valence-electron chi connectivity index (χ0n) is 11.9. The fourth-order valence-corrected chi connectivity index (χ4v) is 2.98. The highest BCUT2D eigenvalue weighted by molar-refractivity contribution is 5.53. The van der Waals surface area contributed by atoms with Gasteiger partial charge in [-0.2, -0.15) is 0 Å². The third kappa shape index (κ3) is 3.51. The van der Waals surface area contributed by atoms with Crippen molar-refractivity contribution in [2.45, 2.75) is 64.8 Å². The zero-order chi connectivity index (χ0) is 12.8. The molecule has 1 aliphatic rings. The van der Waals surface area contributed by atoms with Crippen molar-refractivity contribution in [2.24, 2.45) is 5.92 Å². The van der Waals surface area contributed by atoms with E-state index in [0.717, 1.165) is 5.92 Å². The number of benzene rings is 1. The molecule has 0 aliphatic carbocycles. The lowest BCUT2D eigenvalue weighted by atomic mass is 9.87. The summed E-state index contributed by atoms with van der Waals surface area (Å²) in [5.74, 6) is 0.801. The fourth-order valence-electron chi connectivity index (χ4n) is 2.98. The van der Waals surface area contributed by atoms with Crippen LogP contribution >= 0.6 is 0 Å². The SMILES string of the molecule is CCCCCCC(C)[C@@H]1CCc2ccccc2N1. The van der Waals surface area contributed by atoms with E-state index in [-0.39, 0.29) is 0 Å². The van der Waals surface area contributed by atoms with Crippen LogP contribution in [-0.2, 0) is 6.42 Å². The van der Waals surface area contributed by atoms with Crippen LogP contribution in [0.2, 0.25) is 0 Å². The highest BCUT2D eigenvalue weighted by atomic mass is 14.9. The van der Waals surface area contributed by atoms with E-state index in [0.29, 0.717) is 6.04 Å². The molecule has 0 saturated carbocycles. The number of rotatable bonds is 6. The van der Waals surface area contributed by atoms with Gasteiger partial charge < -0.3 is 5.32 Å². The Hall–Kier alpha value is -0.980. The van der Waals surface area contributed by atoms with Crippen LogP contribution in [0, 0.1) is 5.92 Å². The second kappa shape index (κ2) is 6.82. The van der Waals surface area contributed by atoms with Gasteiger partial charge in [-0.3, -0.25) is 0 Å². The summed E-state index contributed by atoms with van der Waals surface area (Å²) in [4.78, 5) is 0. The van der Waals surface area contributed by atoms with E-state index in [1.54, 1.807) is 0 Å². The predicted molar refractivity (Wildman–Crippen MR) is 80.1 cm³/mol. The summed E-state index contributed by atoms with van der Waals surface area (Å²) < 4.78 is 0. The molecule has 0 amide bonds. The topological polar surface area (TPSA) is 12.0 Å². The van der Waals surface area contributed by atoms with Gasteiger partial charge in [-0.05, 0) is 36.8 Å². The van der Waals surface area contributed by atoms with E-state index >= 15 is 0 Å². The molecule has 0 radical (unpaired) electrons. The third-order valence-electron chi connectivity index (χ3n) is 4.28. The molecule has 1 heteroatoms. The highest BCUT2D eigenvalue weighted by Crippen LogP contribution is 2.29. The summed E-state index contributed by atoms with van der Waals surface area (Å²) in [5.41, 5.74) is 2.86. The smallest absolute Gasteiger partial charge is 0.0374 e. The maximum absolute atomic E-state index is 3.74. The number of hydrogen-bond acceptors (Lipinski definition) is 1. The number of para-hydroxylation sites is 1. The second-order valence-corrected chi connectivity index (χ2v) is 5.77. The summed E-state index contributed by atoms with van der Waals surface area (Å²) in [6.45, 7) is 4.70. The lowest BCUT2D eigenvalue weighted by Crippen LogP contribution is -2.31. The number of nitrogens with one attached hydrogen (secondary N) is 1. The van der Waals surface area contributed by atoms with Gasteiger partial charge in [0, 0.05) is 11.7 Å². The molecule has 1 N–H and O–H groups in total. The van der Waals surface area contributed by atoms with Gasteiger partial charge >= 0.3 is 0 Å². The standard InChI is InChI=1S/C17H27N/c1-3-4-5-6-9-14(2)16-13-12-15-10-7-8-11-17(15)18-16/h7-8,10-11,14,16,18H,3-6,9,12-13H2,1-2H3/t14?,16-/m0/s1. The summed E-state index contributed by atoms with van der Waals surface area (Å²) in [6.07, 6.45) is 9.45. The van der Waals surface area contributed by atoms with E-state index < -0.39 is 0 Å². The van der Waals surface area contributed by atoms with Crippen LogP contribution in [0.3, 0.4) is 0 Å². The molecule has 1 unspecified atom stereocenters. The monoisotopic (exact) mass is 245 g/mol. The summed E-state index contributed by atoms with van der Waals surface area (Å²) >= 11 is 0. The first-order chi connectivity index (χ1) is 8.81. The molecule has 0 spiro atoms. The summed E-state index contributed by atoms with van der Waals surface area (Å²) in [7, 11) is 0. The molecule has 18 heavy (non-hydrogen) atoms. The van der Waals surface area contributed by atoms with Crippen molar-refractivity contribution >= 4 is 5.69 Å². The molecule has 1 heterocycles. The molecule has 2 atom stereocenters. The molecule has 100 valence electrons. The molecule has 1 aromatic carbocycles. The van der Waals surface area contributed by atoms with Crippen molar-refractivity contribution in [1.29, 1.82) is 0 Å². The van der Waals surface area contributed by atoms with Gasteiger partial charge in [-0.1, -0.05) is 57.7 Å².